The Morgan fingerprint density at radius 3 is 2.59 bits per heavy atom. The van der Waals surface area contributed by atoms with Gasteiger partial charge in [-0.15, -0.1) is 0 Å². The molecule has 1 N–H and O–H groups in total. The number of methoxy groups -OCH3 is 1. The zero-order valence-corrected chi connectivity index (χ0v) is 10.4. The highest BCUT2D eigenvalue weighted by molar-refractivity contribution is 5.81. The Kier molecular flexibility index (Phi) is 3.22. The maximum atomic E-state index is 11.3. The molecule has 92 valence electrons. The molecule has 1 aliphatic rings. The highest BCUT2D eigenvalue weighted by Crippen LogP contribution is 2.32. The molecule has 4 heteroatoms. The van der Waals surface area contributed by atoms with Gasteiger partial charge in [0, 0.05) is 6.54 Å². The molecular weight excluding hydrogens is 218 g/mol. The summed E-state index contributed by atoms with van der Waals surface area (Å²) in [6.07, 6.45) is 0.508. The van der Waals surface area contributed by atoms with Crippen molar-refractivity contribution in [2.45, 2.75) is 32.9 Å². The van der Waals surface area contributed by atoms with Crippen LogP contribution in [-0.2, 0) is 17.8 Å². The van der Waals surface area contributed by atoms with Gasteiger partial charge in [-0.1, -0.05) is 0 Å². The number of hydrogen-bond acceptors (Lipinski definition) is 3. The van der Waals surface area contributed by atoms with Gasteiger partial charge in [0.1, 0.15) is 0 Å². The summed E-state index contributed by atoms with van der Waals surface area (Å²) in [7, 11) is 1.61. The first-order valence-corrected chi connectivity index (χ1v) is 5.73. The van der Waals surface area contributed by atoms with E-state index in [1.54, 1.807) is 7.11 Å². The molecule has 1 aromatic carbocycles. The first-order valence-electron chi connectivity index (χ1n) is 5.73. The number of benzene rings is 1. The largest absolute Gasteiger partial charge is 0.493 e. The topological polar surface area (TPSA) is 47.6 Å². The standard InChI is InChI=1S/C13H17NO3/c1-8(2)17-12-5-10-7-14-13(15)6-9(10)4-11(12)16-3/h4-5,8H,6-7H2,1-3H3,(H,14,15). The zero-order chi connectivity index (χ0) is 12.4. The monoisotopic (exact) mass is 235 g/mol. The van der Waals surface area contributed by atoms with Crippen LogP contribution in [0.2, 0.25) is 0 Å². The van der Waals surface area contributed by atoms with Crippen molar-refractivity contribution in [3.8, 4) is 11.5 Å². The van der Waals surface area contributed by atoms with Crippen LogP contribution in [0, 0.1) is 0 Å². The van der Waals surface area contributed by atoms with E-state index in [2.05, 4.69) is 5.32 Å². The minimum atomic E-state index is 0.0529. The lowest BCUT2D eigenvalue weighted by Gasteiger charge is -2.21. The van der Waals surface area contributed by atoms with Gasteiger partial charge in [-0.2, -0.15) is 0 Å². The van der Waals surface area contributed by atoms with Gasteiger partial charge in [0.25, 0.3) is 0 Å². The van der Waals surface area contributed by atoms with Gasteiger partial charge in [-0.25, -0.2) is 0 Å². The summed E-state index contributed by atoms with van der Waals surface area (Å²) < 4.78 is 11.0. The van der Waals surface area contributed by atoms with Crippen molar-refractivity contribution in [1.29, 1.82) is 0 Å². The van der Waals surface area contributed by atoms with Gasteiger partial charge >= 0.3 is 0 Å². The summed E-state index contributed by atoms with van der Waals surface area (Å²) in [6.45, 7) is 4.51. The van der Waals surface area contributed by atoms with Gasteiger partial charge < -0.3 is 14.8 Å². The molecule has 0 radical (unpaired) electrons. The highest BCUT2D eigenvalue weighted by atomic mass is 16.5. The lowest BCUT2D eigenvalue weighted by atomic mass is 10.00. The Morgan fingerprint density at radius 2 is 1.94 bits per heavy atom. The maximum Gasteiger partial charge on any atom is 0.224 e. The van der Waals surface area contributed by atoms with Crippen LogP contribution in [0.5, 0.6) is 11.5 Å². The van der Waals surface area contributed by atoms with E-state index in [4.69, 9.17) is 9.47 Å². The molecule has 1 heterocycles. The molecule has 0 saturated carbocycles. The molecule has 2 rings (SSSR count). The summed E-state index contributed by atoms with van der Waals surface area (Å²) in [5.41, 5.74) is 2.11. The molecule has 1 amide bonds. The fourth-order valence-electron chi connectivity index (χ4n) is 1.91. The normalized spacial score (nSPS) is 14.2. The molecule has 0 bridgehead atoms. The van der Waals surface area contributed by atoms with Crippen LogP contribution >= 0.6 is 0 Å². The van der Waals surface area contributed by atoms with Crippen molar-refractivity contribution >= 4 is 5.91 Å². The third-order valence-corrected chi connectivity index (χ3v) is 2.68. The van der Waals surface area contributed by atoms with Crippen LogP contribution in [0.4, 0.5) is 0 Å². The molecule has 0 fully saturated rings. The molecule has 0 spiro atoms. The number of rotatable bonds is 3. The Morgan fingerprint density at radius 1 is 1.24 bits per heavy atom. The number of carbonyl (C=O) groups is 1. The van der Waals surface area contributed by atoms with E-state index in [9.17, 15) is 4.79 Å². The zero-order valence-electron chi connectivity index (χ0n) is 10.4. The van der Waals surface area contributed by atoms with Crippen molar-refractivity contribution in [3.63, 3.8) is 0 Å². The predicted molar refractivity (Wildman–Crippen MR) is 64.3 cm³/mol. The summed E-state index contributed by atoms with van der Waals surface area (Å²) in [5, 5.41) is 2.82. The van der Waals surface area contributed by atoms with E-state index in [1.807, 2.05) is 26.0 Å². The molecule has 0 unspecified atom stereocenters. The molecule has 0 aliphatic carbocycles. The Balaban J connectivity index is 2.37. The molecule has 1 aliphatic heterocycles. The summed E-state index contributed by atoms with van der Waals surface area (Å²) in [6, 6.07) is 3.85. The molecule has 1 aromatic rings. The lowest BCUT2D eigenvalue weighted by molar-refractivity contribution is -0.121. The molecule has 0 aromatic heterocycles. The fourth-order valence-corrected chi connectivity index (χ4v) is 1.91. The fraction of sp³-hybridized carbons (Fsp3) is 0.462. The minimum absolute atomic E-state index is 0.0529. The Hall–Kier alpha value is -1.71. The minimum Gasteiger partial charge on any atom is -0.493 e. The van der Waals surface area contributed by atoms with E-state index in [1.165, 1.54) is 0 Å². The van der Waals surface area contributed by atoms with Crippen molar-refractivity contribution in [1.82, 2.24) is 5.32 Å². The number of carbonyl (C=O) groups excluding carboxylic acids is 1. The van der Waals surface area contributed by atoms with E-state index >= 15 is 0 Å². The average Bonchev–Trinajstić information content (AvgIpc) is 2.28. The molecule has 0 atom stereocenters. The van der Waals surface area contributed by atoms with Crippen molar-refractivity contribution in [2.75, 3.05) is 7.11 Å². The van der Waals surface area contributed by atoms with E-state index in [0.29, 0.717) is 18.7 Å². The second-order valence-corrected chi connectivity index (χ2v) is 4.39. The van der Waals surface area contributed by atoms with E-state index in [-0.39, 0.29) is 12.0 Å². The van der Waals surface area contributed by atoms with Gasteiger partial charge in [0.05, 0.1) is 19.6 Å². The Bertz CT molecular complexity index is 441. The molecular formula is C13H17NO3. The van der Waals surface area contributed by atoms with E-state index in [0.717, 1.165) is 16.9 Å². The van der Waals surface area contributed by atoms with Crippen LogP contribution in [0.1, 0.15) is 25.0 Å². The average molecular weight is 235 g/mol. The summed E-state index contributed by atoms with van der Waals surface area (Å²) in [4.78, 5) is 11.3. The quantitative estimate of drug-likeness (QED) is 0.866. The van der Waals surface area contributed by atoms with Crippen molar-refractivity contribution in [3.05, 3.63) is 23.3 Å². The first-order chi connectivity index (χ1) is 8.10. The second kappa shape index (κ2) is 4.65. The van der Waals surface area contributed by atoms with Gasteiger partial charge in [0.15, 0.2) is 11.5 Å². The van der Waals surface area contributed by atoms with Crippen LogP contribution in [0.15, 0.2) is 12.1 Å². The highest BCUT2D eigenvalue weighted by Gasteiger charge is 2.18. The van der Waals surface area contributed by atoms with E-state index < -0.39 is 0 Å². The third kappa shape index (κ3) is 2.52. The number of ether oxygens (including phenoxy) is 2. The predicted octanol–water partition coefficient (Wildman–Crippen LogP) is 1.65. The molecule has 4 nitrogen and oxygen atoms in total. The third-order valence-electron chi connectivity index (χ3n) is 2.68. The summed E-state index contributed by atoms with van der Waals surface area (Å²) >= 11 is 0. The van der Waals surface area contributed by atoms with Crippen molar-refractivity contribution < 1.29 is 14.3 Å². The van der Waals surface area contributed by atoms with Gasteiger partial charge in [0.2, 0.25) is 5.91 Å². The van der Waals surface area contributed by atoms with Crippen LogP contribution in [-0.4, -0.2) is 19.1 Å². The van der Waals surface area contributed by atoms with Gasteiger partial charge in [-0.05, 0) is 37.1 Å². The smallest absolute Gasteiger partial charge is 0.224 e. The maximum absolute atomic E-state index is 11.3. The molecule has 17 heavy (non-hydrogen) atoms. The Labute approximate surface area is 101 Å². The summed E-state index contributed by atoms with van der Waals surface area (Å²) in [5.74, 6) is 1.47. The lowest BCUT2D eigenvalue weighted by Crippen LogP contribution is -2.30. The van der Waals surface area contributed by atoms with Crippen LogP contribution in [0.3, 0.4) is 0 Å². The van der Waals surface area contributed by atoms with Crippen LogP contribution < -0.4 is 14.8 Å². The molecule has 0 saturated heterocycles. The SMILES string of the molecule is COc1cc2c(cc1OC(C)C)CNC(=O)C2. The second-order valence-electron chi connectivity index (χ2n) is 4.39. The number of hydrogen-bond donors (Lipinski definition) is 1. The number of fused-ring (bicyclic) bond motifs is 1. The first kappa shape index (κ1) is 11.8. The van der Waals surface area contributed by atoms with Crippen molar-refractivity contribution in [2.24, 2.45) is 0 Å². The number of amides is 1. The van der Waals surface area contributed by atoms with Crippen LogP contribution in [0.25, 0.3) is 0 Å². The van der Waals surface area contributed by atoms with Gasteiger partial charge in [-0.3, -0.25) is 4.79 Å². The number of nitrogens with one attached hydrogen (secondary N) is 1.